The lowest BCUT2D eigenvalue weighted by molar-refractivity contribution is -0.114. The van der Waals surface area contributed by atoms with Crippen molar-refractivity contribution in [2.24, 2.45) is 0 Å². The SMILES string of the molecule is CC(=O)Nc1cc(Cl)cc(C(=O)O)c1Cl. The van der Waals surface area contributed by atoms with Gasteiger partial charge >= 0.3 is 5.97 Å². The molecule has 0 aliphatic rings. The van der Waals surface area contributed by atoms with Crippen LogP contribution in [0.1, 0.15) is 17.3 Å². The van der Waals surface area contributed by atoms with Crippen LogP contribution in [0.4, 0.5) is 5.69 Å². The second-order valence-corrected chi connectivity index (χ2v) is 3.62. The van der Waals surface area contributed by atoms with Crippen molar-refractivity contribution in [2.75, 3.05) is 5.32 Å². The summed E-state index contributed by atoms with van der Waals surface area (Å²) in [7, 11) is 0. The fraction of sp³-hybridized carbons (Fsp3) is 0.111. The van der Waals surface area contributed by atoms with Crippen LogP contribution in [0.2, 0.25) is 10.0 Å². The molecule has 1 aromatic carbocycles. The predicted octanol–water partition coefficient (Wildman–Crippen LogP) is 2.65. The second kappa shape index (κ2) is 4.51. The highest BCUT2D eigenvalue weighted by Crippen LogP contribution is 2.30. The van der Waals surface area contributed by atoms with E-state index in [4.69, 9.17) is 28.3 Å². The van der Waals surface area contributed by atoms with Gasteiger partial charge in [0.25, 0.3) is 0 Å². The molecular weight excluding hydrogens is 241 g/mol. The van der Waals surface area contributed by atoms with Crippen molar-refractivity contribution in [3.8, 4) is 0 Å². The Morgan fingerprint density at radius 1 is 1.33 bits per heavy atom. The largest absolute Gasteiger partial charge is 0.478 e. The van der Waals surface area contributed by atoms with Crippen LogP contribution in [0.5, 0.6) is 0 Å². The van der Waals surface area contributed by atoms with E-state index in [0.717, 1.165) is 0 Å². The number of amides is 1. The molecule has 0 aliphatic heterocycles. The number of aromatic carboxylic acids is 1. The van der Waals surface area contributed by atoms with Crippen molar-refractivity contribution >= 4 is 40.8 Å². The third-order valence-electron chi connectivity index (χ3n) is 1.58. The Balaban J connectivity index is 3.28. The van der Waals surface area contributed by atoms with Crippen molar-refractivity contribution < 1.29 is 14.7 Å². The van der Waals surface area contributed by atoms with Gasteiger partial charge in [-0.05, 0) is 12.1 Å². The van der Waals surface area contributed by atoms with E-state index in [1.54, 1.807) is 0 Å². The van der Waals surface area contributed by atoms with E-state index in [1.165, 1.54) is 19.1 Å². The maximum atomic E-state index is 10.8. The minimum Gasteiger partial charge on any atom is -0.478 e. The van der Waals surface area contributed by atoms with Crippen LogP contribution < -0.4 is 5.32 Å². The molecule has 1 aromatic rings. The Morgan fingerprint density at radius 3 is 2.40 bits per heavy atom. The van der Waals surface area contributed by atoms with Gasteiger partial charge in [0, 0.05) is 11.9 Å². The van der Waals surface area contributed by atoms with Gasteiger partial charge in [-0.2, -0.15) is 0 Å². The molecule has 15 heavy (non-hydrogen) atoms. The molecule has 0 spiro atoms. The predicted molar refractivity (Wildman–Crippen MR) is 57.7 cm³/mol. The van der Waals surface area contributed by atoms with Gasteiger partial charge in [0.2, 0.25) is 5.91 Å². The van der Waals surface area contributed by atoms with E-state index in [2.05, 4.69) is 5.32 Å². The average molecular weight is 248 g/mol. The molecular formula is C9H7Cl2NO3. The smallest absolute Gasteiger partial charge is 0.337 e. The molecule has 0 radical (unpaired) electrons. The van der Waals surface area contributed by atoms with Crippen LogP contribution in [-0.4, -0.2) is 17.0 Å². The molecule has 1 rings (SSSR count). The Hall–Kier alpha value is -1.26. The van der Waals surface area contributed by atoms with Gasteiger partial charge in [-0.3, -0.25) is 4.79 Å². The number of carboxylic acids is 1. The summed E-state index contributed by atoms with van der Waals surface area (Å²) in [5.74, 6) is -1.55. The highest BCUT2D eigenvalue weighted by atomic mass is 35.5. The molecule has 0 heterocycles. The summed E-state index contributed by atoms with van der Waals surface area (Å²) in [5.41, 5.74) is 0.0435. The first-order chi connectivity index (χ1) is 6.91. The number of carbonyl (C=O) groups is 2. The zero-order chi connectivity index (χ0) is 11.6. The van der Waals surface area contributed by atoms with Gasteiger partial charge in [-0.1, -0.05) is 23.2 Å². The van der Waals surface area contributed by atoms with Gasteiger partial charge in [0.05, 0.1) is 16.3 Å². The number of benzene rings is 1. The van der Waals surface area contributed by atoms with Gasteiger partial charge in [-0.25, -0.2) is 4.79 Å². The first kappa shape index (κ1) is 11.8. The summed E-state index contributed by atoms with van der Waals surface area (Å²) in [6, 6.07) is 2.61. The van der Waals surface area contributed by atoms with Crippen LogP contribution in [0, 0.1) is 0 Å². The summed E-state index contributed by atoms with van der Waals surface area (Å²) >= 11 is 11.4. The molecule has 0 saturated heterocycles. The molecule has 6 heteroatoms. The summed E-state index contributed by atoms with van der Waals surface area (Å²) in [6.07, 6.45) is 0. The molecule has 4 nitrogen and oxygen atoms in total. The molecule has 0 bridgehead atoms. The maximum absolute atomic E-state index is 10.8. The fourth-order valence-electron chi connectivity index (χ4n) is 1.03. The zero-order valence-corrected chi connectivity index (χ0v) is 9.19. The second-order valence-electron chi connectivity index (χ2n) is 2.80. The molecule has 0 fully saturated rings. The number of halogens is 2. The third-order valence-corrected chi connectivity index (χ3v) is 2.20. The van der Waals surface area contributed by atoms with Crippen LogP contribution in [-0.2, 0) is 4.79 Å². The van der Waals surface area contributed by atoms with E-state index in [1.807, 2.05) is 0 Å². The van der Waals surface area contributed by atoms with E-state index in [9.17, 15) is 9.59 Å². The number of carbonyl (C=O) groups excluding carboxylic acids is 1. The first-order valence-corrected chi connectivity index (χ1v) is 4.67. The molecule has 1 amide bonds. The lowest BCUT2D eigenvalue weighted by Gasteiger charge is -2.08. The number of hydrogen-bond acceptors (Lipinski definition) is 2. The van der Waals surface area contributed by atoms with Crippen LogP contribution in [0.3, 0.4) is 0 Å². The van der Waals surface area contributed by atoms with Crippen LogP contribution in [0.15, 0.2) is 12.1 Å². The standard InChI is InChI=1S/C9H7Cl2NO3/c1-4(13)12-7-3-5(10)2-6(8(7)11)9(14)15/h2-3H,1H3,(H,12,13)(H,14,15). The highest BCUT2D eigenvalue weighted by Gasteiger charge is 2.14. The Labute approximate surface area is 95.8 Å². The van der Waals surface area contributed by atoms with E-state index in [0.29, 0.717) is 0 Å². The van der Waals surface area contributed by atoms with Crippen molar-refractivity contribution in [3.63, 3.8) is 0 Å². The number of carboxylic acid groups (broad SMARTS) is 1. The van der Waals surface area contributed by atoms with E-state index >= 15 is 0 Å². The summed E-state index contributed by atoms with van der Waals surface area (Å²) in [4.78, 5) is 21.6. The topological polar surface area (TPSA) is 66.4 Å². The van der Waals surface area contributed by atoms with Crippen molar-refractivity contribution in [1.29, 1.82) is 0 Å². The molecule has 0 saturated carbocycles. The lowest BCUT2D eigenvalue weighted by Crippen LogP contribution is -2.08. The van der Waals surface area contributed by atoms with Gasteiger partial charge in [0.15, 0.2) is 0 Å². The van der Waals surface area contributed by atoms with Crippen molar-refractivity contribution in [3.05, 3.63) is 27.7 Å². The molecule has 80 valence electrons. The van der Waals surface area contributed by atoms with Crippen molar-refractivity contribution in [1.82, 2.24) is 0 Å². The normalized spacial score (nSPS) is 9.80. The van der Waals surface area contributed by atoms with Crippen molar-refractivity contribution in [2.45, 2.75) is 6.92 Å². The first-order valence-electron chi connectivity index (χ1n) is 3.91. The minimum atomic E-state index is -1.20. The van der Waals surface area contributed by atoms with Gasteiger partial charge in [0.1, 0.15) is 0 Å². The molecule has 0 atom stereocenters. The lowest BCUT2D eigenvalue weighted by atomic mass is 10.2. The Bertz CT molecular complexity index is 432. The van der Waals surface area contributed by atoms with Crippen LogP contribution >= 0.6 is 23.2 Å². The Morgan fingerprint density at radius 2 is 1.93 bits per heavy atom. The molecule has 2 N–H and O–H groups in total. The summed E-state index contributed by atoms with van der Waals surface area (Å²) in [6.45, 7) is 1.29. The summed E-state index contributed by atoms with van der Waals surface area (Å²) in [5, 5.41) is 11.3. The van der Waals surface area contributed by atoms with Gasteiger partial charge in [-0.15, -0.1) is 0 Å². The van der Waals surface area contributed by atoms with Crippen LogP contribution in [0.25, 0.3) is 0 Å². The number of anilines is 1. The average Bonchev–Trinajstić information content (AvgIpc) is 2.09. The third kappa shape index (κ3) is 2.84. The number of nitrogens with one attached hydrogen (secondary N) is 1. The van der Waals surface area contributed by atoms with Gasteiger partial charge < -0.3 is 10.4 Å². The Kier molecular flexibility index (Phi) is 3.55. The number of hydrogen-bond donors (Lipinski definition) is 2. The highest BCUT2D eigenvalue weighted by molar-refractivity contribution is 6.38. The number of rotatable bonds is 2. The summed E-state index contributed by atoms with van der Waals surface area (Å²) < 4.78 is 0. The molecule has 0 aromatic heterocycles. The monoisotopic (exact) mass is 247 g/mol. The van der Waals surface area contributed by atoms with E-state index in [-0.39, 0.29) is 27.2 Å². The fourth-order valence-corrected chi connectivity index (χ4v) is 1.48. The quantitative estimate of drug-likeness (QED) is 0.845. The molecule has 0 aliphatic carbocycles. The zero-order valence-electron chi connectivity index (χ0n) is 7.67. The maximum Gasteiger partial charge on any atom is 0.337 e. The molecule has 0 unspecified atom stereocenters. The minimum absolute atomic E-state index is 0.0397. The van der Waals surface area contributed by atoms with E-state index < -0.39 is 5.97 Å².